The van der Waals surface area contributed by atoms with E-state index in [2.05, 4.69) is 15.0 Å². The van der Waals surface area contributed by atoms with Gasteiger partial charge < -0.3 is 10.7 Å². The highest BCUT2D eigenvalue weighted by Crippen LogP contribution is 2.25. The van der Waals surface area contributed by atoms with Crippen LogP contribution in [-0.4, -0.2) is 15.0 Å². The molecule has 0 spiro atoms. The standard InChI is InChI=1S/C10H8N4S/c11-10-14-9(4-15-10)6-1-2-7-8(3-6)13-5-12-7/h1-5H,(H2,11,14)(H,12,13). The summed E-state index contributed by atoms with van der Waals surface area (Å²) in [6, 6.07) is 5.99. The molecule has 74 valence electrons. The van der Waals surface area contributed by atoms with Crippen molar-refractivity contribution in [2.45, 2.75) is 0 Å². The Morgan fingerprint density at radius 3 is 3.07 bits per heavy atom. The van der Waals surface area contributed by atoms with Gasteiger partial charge in [-0.25, -0.2) is 9.97 Å². The molecule has 5 heteroatoms. The van der Waals surface area contributed by atoms with E-state index < -0.39 is 0 Å². The van der Waals surface area contributed by atoms with E-state index in [1.807, 2.05) is 23.6 Å². The molecule has 0 saturated carbocycles. The van der Waals surface area contributed by atoms with Crippen LogP contribution < -0.4 is 5.73 Å². The molecule has 0 amide bonds. The summed E-state index contributed by atoms with van der Waals surface area (Å²) in [7, 11) is 0. The molecule has 0 radical (unpaired) electrons. The largest absolute Gasteiger partial charge is 0.375 e. The number of nitrogen functional groups attached to an aromatic ring is 1. The van der Waals surface area contributed by atoms with Gasteiger partial charge in [-0.15, -0.1) is 11.3 Å². The molecule has 3 rings (SSSR count). The van der Waals surface area contributed by atoms with Crippen LogP contribution in [0.4, 0.5) is 5.13 Å². The van der Waals surface area contributed by atoms with Gasteiger partial charge in [0.15, 0.2) is 5.13 Å². The molecule has 0 atom stereocenters. The van der Waals surface area contributed by atoms with Gasteiger partial charge in [0.25, 0.3) is 0 Å². The molecule has 3 aromatic rings. The maximum atomic E-state index is 5.60. The highest BCUT2D eigenvalue weighted by Gasteiger charge is 2.04. The van der Waals surface area contributed by atoms with Crippen molar-refractivity contribution in [1.29, 1.82) is 0 Å². The minimum absolute atomic E-state index is 0.592. The molecule has 0 fully saturated rings. The van der Waals surface area contributed by atoms with Gasteiger partial charge >= 0.3 is 0 Å². The fraction of sp³-hybridized carbons (Fsp3) is 0. The van der Waals surface area contributed by atoms with Gasteiger partial charge in [-0.2, -0.15) is 0 Å². The second-order valence-electron chi connectivity index (χ2n) is 3.21. The fourth-order valence-corrected chi connectivity index (χ4v) is 2.09. The Balaban J connectivity index is 2.18. The lowest BCUT2D eigenvalue weighted by Gasteiger charge is -1.95. The molecule has 0 unspecified atom stereocenters. The molecule has 15 heavy (non-hydrogen) atoms. The maximum Gasteiger partial charge on any atom is 0.180 e. The first-order chi connectivity index (χ1) is 7.33. The monoisotopic (exact) mass is 216 g/mol. The highest BCUT2D eigenvalue weighted by atomic mass is 32.1. The lowest BCUT2D eigenvalue weighted by Crippen LogP contribution is -1.83. The van der Waals surface area contributed by atoms with E-state index in [1.165, 1.54) is 11.3 Å². The number of thiazole rings is 1. The van der Waals surface area contributed by atoms with Gasteiger partial charge in [0.1, 0.15) is 0 Å². The summed E-state index contributed by atoms with van der Waals surface area (Å²) in [6.45, 7) is 0. The molecule has 1 aromatic carbocycles. The predicted molar refractivity (Wildman–Crippen MR) is 61.6 cm³/mol. The number of hydrogen-bond donors (Lipinski definition) is 2. The summed E-state index contributed by atoms with van der Waals surface area (Å²) >= 11 is 1.45. The van der Waals surface area contributed by atoms with Crippen molar-refractivity contribution in [2.75, 3.05) is 5.73 Å². The van der Waals surface area contributed by atoms with Crippen LogP contribution in [0.2, 0.25) is 0 Å². The first-order valence-electron chi connectivity index (χ1n) is 4.47. The smallest absolute Gasteiger partial charge is 0.180 e. The number of rotatable bonds is 1. The van der Waals surface area contributed by atoms with E-state index in [-0.39, 0.29) is 0 Å². The summed E-state index contributed by atoms with van der Waals surface area (Å²) in [5.74, 6) is 0. The predicted octanol–water partition coefficient (Wildman–Crippen LogP) is 2.27. The van der Waals surface area contributed by atoms with Gasteiger partial charge in [0, 0.05) is 10.9 Å². The van der Waals surface area contributed by atoms with E-state index in [1.54, 1.807) is 6.33 Å². The Morgan fingerprint density at radius 1 is 1.33 bits per heavy atom. The third-order valence-electron chi connectivity index (χ3n) is 2.24. The zero-order valence-electron chi connectivity index (χ0n) is 7.77. The molecule has 2 heterocycles. The third-order valence-corrected chi connectivity index (χ3v) is 2.91. The number of anilines is 1. The van der Waals surface area contributed by atoms with E-state index >= 15 is 0 Å². The summed E-state index contributed by atoms with van der Waals surface area (Å²) < 4.78 is 0. The van der Waals surface area contributed by atoms with Gasteiger partial charge in [-0.3, -0.25) is 0 Å². The van der Waals surface area contributed by atoms with Crippen molar-refractivity contribution >= 4 is 27.5 Å². The normalized spacial score (nSPS) is 10.9. The number of H-pyrrole nitrogens is 1. The fourth-order valence-electron chi connectivity index (χ4n) is 1.52. The summed E-state index contributed by atoms with van der Waals surface area (Å²) in [4.78, 5) is 11.5. The van der Waals surface area contributed by atoms with Gasteiger partial charge in [-0.1, -0.05) is 6.07 Å². The van der Waals surface area contributed by atoms with Gasteiger partial charge in [-0.05, 0) is 12.1 Å². The minimum atomic E-state index is 0.592. The van der Waals surface area contributed by atoms with Crippen LogP contribution in [0.25, 0.3) is 22.3 Å². The van der Waals surface area contributed by atoms with Crippen LogP contribution in [0, 0.1) is 0 Å². The van der Waals surface area contributed by atoms with Crippen molar-refractivity contribution in [3.8, 4) is 11.3 Å². The minimum Gasteiger partial charge on any atom is -0.375 e. The number of nitrogens with two attached hydrogens (primary N) is 1. The summed E-state index contributed by atoms with van der Waals surface area (Å²) in [6.07, 6.45) is 1.68. The first kappa shape index (κ1) is 8.43. The second-order valence-corrected chi connectivity index (χ2v) is 4.10. The van der Waals surface area contributed by atoms with Gasteiger partial charge in [0.05, 0.1) is 23.1 Å². The average Bonchev–Trinajstić information content (AvgIpc) is 2.84. The molecule has 0 bridgehead atoms. The number of aromatic nitrogens is 3. The molecular formula is C10H8N4S. The summed E-state index contributed by atoms with van der Waals surface area (Å²) in [5.41, 5.74) is 9.54. The molecule has 3 N–H and O–H groups in total. The van der Waals surface area contributed by atoms with Crippen LogP contribution in [0.5, 0.6) is 0 Å². The molecule has 0 saturated heterocycles. The highest BCUT2D eigenvalue weighted by molar-refractivity contribution is 7.13. The summed E-state index contributed by atoms with van der Waals surface area (Å²) in [5, 5.41) is 2.54. The first-order valence-corrected chi connectivity index (χ1v) is 5.35. The number of fused-ring (bicyclic) bond motifs is 1. The molecule has 0 aliphatic heterocycles. The zero-order chi connectivity index (χ0) is 10.3. The number of hydrogen-bond acceptors (Lipinski definition) is 4. The van der Waals surface area contributed by atoms with Crippen molar-refractivity contribution in [2.24, 2.45) is 0 Å². The Labute approximate surface area is 89.8 Å². The Hall–Kier alpha value is -1.88. The lowest BCUT2D eigenvalue weighted by molar-refractivity contribution is 1.34. The van der Waals surface area contributed by atoms with E-state index in [0.717, 1.165) is 22.3 Å². The molecule has 2 aromatic heterocycles. The van der Waals surface area contributed by atoms with E-state index in [4.69, 9.17) is 5.73 Å². The second kappa shape index (κ2) is 3.06. The van der Waals surface area contributed by atoms with Crippen LogP contribution in [-0.2, 0) is 0 Å². The van der Waals surface area contributed by atoms with Crippen LogP contribution in [0.15, 0.2) is 29.9 Å². The van der Waals surface area contributed by atoms with E-state index in [9.17, 15) is 0 Å². The van der Waals surface area contributed by atoms with Crippen molar-refractivity contribution in [3.05, 3.63) is 29.9 Å². The zero-order valence-corrected chi connectivity index (χ0v) is 8.58. The average molecular weight is 216 g/mol. The van der Waals surface area contributed by atoms with Crippen LogP contribution in [0.3, 0.4) is 0 Å². The Kier molecular flexibility index (Phi) is 1.72. The quantitative estimate of drug-likeness (QED) is 0.655. The lowest BCUT2D eigenvalue weighted by atomic mass is 10.1. The van der Waals surface area contributed by atoms with Crippen LogP contribution in [0.1, 0.15) is 0 Å². The van der Waals surface area contributed by atoms with Gasteiger partial charge in [0.2, 0.25) is 0 Å². The van der Waals surface area contributed by atoms with Crippen LogP contribution >= 0.6 is 11.3 Å². The van der Waals surface area contributed by atoms with Crippen molar-refractivity contribution in [3.63, 3.8) is 0 Å². The SMILES string of the molecule is Nc1nc(-c2ccc3nc[nH]c3c2)cs1. The number of nitrogens with zero attached hydrogens (tertiary/aromatic N) is 2. The molecule has 4 nitrogen and oxygen atoms in total. The third kappa shape index (κ3) is 1.37. The number of imidazole rings is 1. The maximum absolute atomic E-state index is 5.60. The number of nitrogens with one attached hydrogen (secondary N) is 1. The van der Waals surface area contributed by atoms with E-state index in [0.29, 0.717) is 5.13 Å². The van der Waals surface area contributed by atoms with Crippen molar-refractivity contribution in [1.82, 2.24) is 15.0 Å². The molecule has 0 aliphatic rings. The topological polar surface area (TPSA) is 67.6 Å². The molecule has 0 aliphatic carbocycles. The Morgan fingerprint density at radius 2 is 2.27 bits per heavy atom. The Bertz CT molecular complexity index is 610. The van der Waals surface area contributed by atoms with Crippen molar-refractivity contribution < 1.29 is 0 Å². The molecular weight excluding hydrogens is 208 g/mol. The number of aromatic amines is 1. The number of benzene rings is 1.